The molecule has 0 spiro atoms. The van der Waals surface area contributed by atoms with Gasteiger partial charge >= 0.3 is 0 Å². The Kier molecular flexibility index (Phi) is 204. The maximum atomic E-state index is 2.44. The monoisotopic (exact) mass is 3390 g/mol. The fourth-order valence-corrected chi connectivity index (χ4v) is 15.3. The third-order valence-corrected chi connectivity index (χ3v) is 19.0. The summed E-state index contributed by atoms with van der Waals surface area (Å²) in [6.07, 6.45) is 16.3. The van der Waals surface area contributed by atoms with E-state index in [4.69, 9.17) is 0 Å². The molecule has 20 radical (unpaired) electrons. The van der Waals surface area contributed by atoms with Crippen molar-refractivity contribution in [2.45, 2.75) is 271 Å². The molecule has 20 rings (SSSR count). The van der Waals surface area contributed by atoms with Gasteiger partial charge < -0.3 is 59.4 Å². The molecule has 0 aromatic heterocycles. The van der Waals surface area contributed by atoms with Crippen molar-refractivity contribution in [1.29, 1.82) is 0 Å². The Morgan fingerprint density at radius 1 is 0.129 bits per heavy atom. The minimum Gasteiger partial charge on any atom is -0.358 e. The second-order valence-electron chi connectivity index (χ2n) is 27.5. The van der Waals surface area contributed by atoms with Gasteiger partial charge in [0, 0.05) is 654 Å². The van der Waals surface area contributed by atoms with E-state index in [0.29, 0.717) is 0 Å². The van der Waals surface area contributed by atoms with Crippen molar-refractivity contribution in [3.05, 3.63) is 391 Å². The van der Waals surface area contributed by atoms with Crippen LogP contribution in [0.1, 0.15) is 309 Å². The van der Waals surface area contributed by atoms with Crippen LogP contribution >= 0.6 is 0 Å². The molecule has 12 aromatic carbocycles. The van der Waals surface area contributed by atoms with Gasteiger partial charge in [-0.2, -0.15) is 0 Å². The van der Waals surface area contributed by atoms with E-state index in [1.165, 1.54) is 194 Å². The van der Waals surface area contributed by atoms with Crippen LogP contribution in [0.3, 0.4) is 0 Å². The first-order valence-electron chi connectivity index (χ1n) is 43.4. The van der Waals surface area contributed by atoms with E-state index in [1.54, 1.807) is 22.3 Å². The van der Waals surface area contributed by atoms with Gasteiger partial charge in [-0.3, -0.25) is 0 Å². The van der Waals surface area contributed by atoms with Crippen LogP contribution in [-0.4, -0.2) is 0 Å². The van der Waals surface area contributed by atoms with Crippen molar-refractivity contribution < 1.29 is 654 Å². The summed E-state index contributed by atoms with van der Waals surface area (Å²) >= 11 is 0. The Morgan fingerprint density at radius 2 is 0.229 bits per heavy atom. The largest absolute Gasteiger partial charge is 0.358 e. The maximum Gasteiger partial charge on any atom is 0 e. The zero-order valence-corrected chi connectivity index (χ0v) is 149. The van der Waals surface area contributed by atoms with Gasteiger partial charge in [-0.05, 0) is 242 Å². The van der Waals surface area contributed by atoms with E-state index in [-0.39, 0.29) is 728 Å². The second kappa shape index (κ2) is 130. The van der Waals surface area contributed by atoms with Crippen LogP contribution in [0.4, 0.5) is 0 Å². The summed E-state index contributed by atoms with van der Waals surface area (Å²) in [6.45, 7) is 49.5. The number of benzene rings is 12. The first kappa shape index (κ1) is 219. The van der Waals surface area contributed by atoms with E-state index in [2.05, 4.69) is 326 Å². The molecule has 0 nitrogen and oxygen atoms in total. The average Bonchev–Trinajstić information content (AvgIpc) is 1.61. The quantitative estimate of drug-likeness (QED) is 0.133. The van der Waals surface area contributed by atoms with Crippen LogP contribution in [-0.2, 0) is 706 Å². The van der Waals surface area contributed by atoms with Crippen molar-refractivity contribution in [1.82, 2.24) is 0 Å². The molecular weight excluding hydrogens is 3220 g/mol. The van der Waals surface area contributed by atoms with Crippen LogP contribution in [0.2, 0.25) is 0 Å². The normalized spacial score (nSPS) is 8.80. The fourth-order valence-electron chi connectivity index (χ4n) is 15.3. The summed E-state index contributed by atoms with van der Waals surface area (Å²) in [5, 5.41) is 0. The summed E-state index contributed by atoms with van der Waals surface area (Å²) in [5.74, 6) is 0. The second-order valence-corrected chi connectivity index (χ2v) is 27.5. The van der Waals surface area contributed by atoms with Gasteiger partial charge in [0.25, 0.3) is 0 Å². The Hall–Kier alpha value is 12.7. The van der Waals surface area contributed by atoms with Gasteiger partial charge in [-0.1, -0.05) is 450 Å². The van der Waals surface area contributed by atoms with Crippen LogP contribution in [0.5, 0.6) is 0 Å². The first-order chi connectivity index (χ1) is 54.1. The van der Waals surface area contributed by atoms with Gasteiger partial charge in [-0.25, -0.2) is 0 Å². The molecule has 0 amide bonds. The zero-order chi connectivity index (χ0) is 80.7. The summed E-state index contributed by atoms with van der Waals surface area (Å²) < 4.78 is 0. The predicted octanol–water partition coefficient (Wildman–Crippen LogP) is 38.8. The van der Waals surface area contributed by atoms with Gasteiger partial charge in [0.2, 0.25) is 0 Å². The van der Waals surface area contributed by atoms with Gasteiger partial charge in [0.05, 0.1) is 0 Å². The van der Waals surface area contributed by atoms with Crippen LogP contribution in [0.15, 0.2) is 243 Å². The third kappa shape index (κ3) is 63.5. The molecule has 0 atom stereocenters. The molecule has 0 heterocycles. The minimum atomic E-state index is 0. The van der Waals surface area contributed by atoms with Gasteiger partial charge in [0.1, 0.15) is 0 Å². The molecule has 0 saturated heterocycles. The molecule has 8 aliphatic carbocycles. The van der Waals surface area contributed by atoms with Crippen LogP contribution < -0.4 is 0 Å². The van der Waals surface area contributed by atoms with Crippen molar-refractivity contribution in [3.63, 3.8) is 0 Å². The van der Waals surface area contributed by atoms with Crippen molar-refractivity contribution in [2.75, 3.05) is 0 Å². The average molecular weight is 3390 g/mol. The SMILES string of the molecule is C.C.CC.CC.CC.CC.CC.CC.CCC.CCC.CCC.CCC.CCC.CCC.[CH3-].[CH3-].[CH3-].[CH3-].[CH3-].[CH3-].[CH3-].[CH3-].[Y].[Y].[Y].[Y].[Y].[Y].[Y].[Y].[Y].[Y].[Y].[Y].[Y].[Y].[Y].[Y].[Y].[Y].[Y].[Y].c1ccc2c(c1)Cc1c-2ccc2c1Cc1ccccc1-2.c1ccc2c(c1)Cc1c-2ccc2c1Cc1ccccc1-2.c1ccc2c(c1)Cc1cc3c(cc1-2)-c1ccccc1C3.c1ccc2c(c1)Cc1cc3c(cc1-2)-c1ccccc1C3. The molecule has 20 heteroatoms. The smallest absolute Gasteiger partial charge is 0 e. The number of fused-ring (bicyclic) bond motifs is 26. The Labute approximate surface area is 1370 Å². The van der Waals surface area contributed by atoms with Crippen LogP contribution in [0.25, 0.3) is 89.0 Å². The van der Waals surface area contributed by atoms with Gasteiger partial charge in [-0.15, -0.1) is 0 Å². The molecule has 140 heavy (non-hydrogen) atoms. The topological polar surface area (TPSA) is 0 Å². The molecule has 0 bridgehead atoms. The standard InChI is InChI=1S/4C20H14.6C3H8.6C2H6.2CH4.8CH3.20Y/c2*1-3-7-17-13(5-1)9-15-11-16-10-14-6-2-4-8-18(14)20(16)12-19(15)17;2*1-3-7-15-13(5-1)11-19-17(15)9-10-18-16-8-4-2-6-14(16)12-20(18)19;6*1-3-2;6*1-2;;;;;;;;;;;;;;;;;;;;;;;;;;;;;;/h2*1-8,11-12H,9-10H2;2*1-10H,11-12H2;6*3H2,1-2H3;6*1-2H3;2*1H4;8*1H3;;;;;;;;;;;;;;;;;;;;/q;;;;;;;;;;;;;;;;;;8*-1;;;;;;;;;;;;;;;;;;;;. The predicted molar refractivity (Wildman–Crippen MR) is 560 cm³/mol. The fraction of sp³-hybridized carbons (Fsp3) is 0.333. The van der Waals surface area contributed by atoms with Crippen LogP contribution in [0, 0.1) is 59.4 Å². The summed E-state index contributed by atoms with van der Waals surface area (Å²) in [5.41, 5.74) is 47.0. The molecule has 0 unspecified atom stereocenters. The van der Waals surface area contributed by atoms with Gasteiger partial charge in [0.15, 0.2) is 0 Å². The first-order valence-corrected chi connectivity index (χ1v) is 43.4. The molecule has 12 aromatic rings. The van der Waals surface area contributed by atoms with E-state index < -0.39 is 0 Å². The summed E-state index contributed by atoms with van der Waals surface area (Å²) in [6, 6.07) is 89.6. The van der Waals surface area contributed by atoms with E-state index >= 15 is 0 Å². The Bertz CT molecular complexity index is 4200. The number of hydrogen-bond acceptors (Lipinski definition) is 0. The van der Waals surface area contributed by atoms with E-state index in [9.17, 15) is 0 Å². The van der Waals surface area contributed by atoms with Crippen molar-refractivity contribution in [3.8, 4) is 89.0 Å². The van der Waals surface area contributed by atoms with Crippen molar-refractivity contribution in [2.24, 2.45) is 0 Å². The molecule has 0 aliphatic heterocycles. The number of rotatable bonds is 0. The summed E-state index contributed by atoms with van der Waals surface area (Å²) in [7, 11) is 0. The summed E-state index contributed by atoms with van der Waals surface area (Å²) in [4.78, 5) is 0. The molecule has 8 aliphatic rings. The van der Waals surface area contributed by atoms with Crippen molar-refractivity contribution >= 4 is 0 Å². The molecule has 0 saturated carbocycles. The minimum absolute atomic E-state index is 0. The van der Waals surface area contributed by atoms with E-state index in [0.717, 1.165) is 51.4 Å². The third-order valence-electron chi connectivity index (χ3n) is 19.0. The molecular formula is C120H172Y20-8. The Balaban J connectivity index is -0.0000000442. The zero-order valence-electron chi connectivity index (χ0n) is 92.5. The molecule has 720 valence electrons. The molecule has 0 N–H and O–H groups in total. The molecule has 0 fully saturated rings. The van der Waals surface area contributed by atoms with E-state index in [1.807, 2.05) is 83.1 Å². The number of hydrogen-bond donors (Lipinski definition) is 0. The maximum absolute atomic E-state index is 2.44. The Morgan fingerprint density at radius 3 is 0.350 bits per heavy atom.